The first-order chi connectivity index (χ1) is 9.96. The summed E-state index contributed by atoms with van der Waals surface area (Å²) in [7, 11) is 0. The van der Waals surface area contributed by atoms with Crippen LogP contribution in [0.3, 0.4) is 0 Å². The van der Waals surface area contributed by atoms with Gasteiger partial charge in [0, 0.05) is 12.6 Å². The number of rotatable bonds is 2. The van der Waals surface area contributed by atoms with E-state index in [1.807, 2.05) is 38.2 Å². The highest BCUT2D eigenvalue weighted by Crippen LogP contribution is 2.38. The van der Waals surface area contributed by atoms with Gasteiger partial charge in [-0.05, 0) is 52.9 Å². The molecule has 1 unspecified atom stereocenters. The van der Waals surface area contributed by atoms with Crippen LogP contribution in [-0.4, -0.2) is 32.7 Å². The van der Waals surface area contributed by atoms with Crippen molar-refractivity contribution < 1.29 is 9.53 Å². The number of likely N-dealkylation sites (tertiary alicyclic amines) is 1. The number of aromatic nitrogens is 2. The molecule has 21 heavy (non-hydrogen) atoms. The minimum absolute atomic E-state index is 0.114. The molecule has 2 heterocycles. The zero-order chi connectivity index (χ0) is 15.0. The fraction of sp³-hybridized carbons (Fsp3) is 0.750. The Morgan fingerprint density at radius 1 is 1.29 bits per heavy atom. The highest BCUT2D eigenvalue weighted by Gasteiger charge is 2.36. The lowest BCUT2D eigenvalue weighted by molar-refractivity contribution is 0.0216. The molecule has 5 heteroatoms. The molecule has 116 valence electrons. The predicted molar refractivity (Wildman–Crippen MR) is 80.0 cm³/mol. The number of imidazole rings is 1. The topological polar surface area (TPSA) is 47.4 Å². The Bertz CT molecular complexity index is 514. The molecule has 1 saturated carbocycles. The first-order valence-corrected chi connectivity index (χ1v) is 7.97. The Balaban J connectivity index is 1.78. The molecular formula is C16H25N3O2. The second-order valence-corrected chi connectivity index (χ2v) is 7.14. The summed E-state index contributed by atoms with van der Waals surface area (Å²) >= 11 is 0. The molecule has 1 amide bonds. The molecule has 5 nitrogen and oxygen atoms in total. The molecule has 3 rings (SSSR count). The van der Waals surface area contributed by atoms with E-state index in [2.05, 4.69) is 9.55 Å². The molecule has 0 spiro atoms. The summed E-state index contributed by atoms with van der Waals surface area (Å²) in [5, 5.41) is 0. The van der Waals surface area contributed by atoms with Crippen LogP contribution in [0, 0.1) is 0 Å². The van der Waals surface area contributed by atoms with Gasteiger partial charge in [-0.25, -0.2) is 9.78 Å². The van der Waals surface area contributed by atoms with Gasteiger partial charge in [0.05, 0.1) is 24.3 Å². The van der Waals surface area contributed by atoms with Crippen LogP contribution in [0.2, 0.25) is 0 Å². The van der Waals surface area contributed by atoms with Crippen LogP contribution in [0.1, 0.15) is 70.7 Å². The zero-order valence-corrected chi connectivity index (χ0v) is 13.2. The van der Waals surface area contributed by atoms with Crippen molar-refractivity contribution in [3.63, 3.8) is 0 Å². The van der Waals surface area contributed by atoms with Gasteiger partial charge in [-0.15, -0.1) is 0 Å². The van der Waals surface area contributed by atoms with Crippen molar-refractivity contribution in [2.45, 2.75) is 70.6 Å². The highest BCUT2D eigenvalue weighted by atomic mass is 16.6. The van der Waals surface area contributed by atoms with Crippen molar-refractivity contribution >= 4 is 6.09 Å². The average Bonchev–Trinajstić information content (AvgIpc) is 2.90. The van der Waals surface area contributed by atoms with Gasteiger partial charge in [-0.2, -0.15) is 0 Å². The van der Waals surface area contributed by atoms with Crippen molar-refractivity contribution in [2.24, 2.45) is 0 Å². The smallest absolute Gasteiger partial charge is 0.410 e. The van der Waals surface area contributed by atoms with Gasteiger partial charge in [-0.1, -0.05) is 0 Å². The summed E-state index contributed by atoms with van der Waals surface area (Å²) < 4.78 is 7.82. The van der Waals surface area contributed by atoms with Crippen LogP contribution in [0.4, 0.5) is 4.79 Å². The maximum atomic E-state index is 12.4. The number of amides is 1. The summed E-state index contributed by atoms with van der Waals surface area (Å²) in [6.07, 6.45) is 9.41. The van der Waals surface area contributed by atoms with Gasteiger partial charge in [0.25, 0.3) is 0 Å². The Hall–Kier alpha value is -1.52. The zero-order valence-electron chi connectivity index (χ0n) is 13.2. The number of hydrogen-bond acceptors (Lipinski definition) is 3. The van der Waals surface area contributed by atoms with Crippen LogP contribution < -0.4 is 0 Å². The van der Waals surface area contributed by atoms with Gasteiger partial charge in [0.1, 0.15) is 5.60 Å². The normalized spacial score (nSPS) is 23.2. The van der Waals surface area contributed by atoms with Crippen LogP contribution in [0.15, 0.2) is 12.5 Å². The molecule has 0 aromatic carbocycles. The van der Waals surface area contributed by atoms with Gasteiger partial charge >= 0.3 is 6.09 Å². The molecule has 0 radical (unpaired) electrons. The third-order valence-electron chi connectivity index (χ3n) is 4.39. The van der Waals surface area contributed by atoms with E-state index in [1.54, 1.807) is 0 Å². The summed E-state index contributed by atoms with van der Waals surface area (Å²) in [5.41, 5.74) is 0.724. The minimum atomic E-state index is -0.446. The number of hydrogen-bond donors (Lipinski definition) is 0. The second kappa shape index (κ2) is 5.35. The van der Waals surface area contributed by atoms with E-state index < -0.39 is 5.60 Å². The SMILES string of the molecule is CC(C)(C)OC(=O)N1CCCC1c1cncn1C1CCC1. The van der Waals surface area contributed by atoms with E-state index in [-0.39, 0.29) is 12.1 Å². The monoisotopic (exact) mass is 291 g/mol. The Labute approximate surface area is 126 Å². The van der Waals surface area contributed by atoms with Gasteiger partial charge in [-0.3, -0.25) is 4.90 Å². The van der Waals surface area contributed by atoms with Crippen molar-refractivity contribution in [1.29, 1.82) is 0 Å². The Morgan fingerprint density at radius 3 is 2.67 bits per heavy atom. The van der Waals surface area contributed by atoms with Crippen LogP contribution in [-0.2, 0) is 4.74 Å². The fourth-order valence-electron chi connectivity index (χ4n) is 3.16. The number of carbonyl (C=O) groups is 1. The molecule has 1 aromatic rings. The molecule has 1 aliphatic carbocycles. The van der Waals surface area contributed by atoms with Crippen molar-refractivity contribution in [3.05, 3.63) is 18.2 Å². The van der Waals surface area contributed by atoms with Crippen LogP contribution in [0.5, 0.6) is 0 Å². The first kappa shape index (κ1) is 14.4. The summed E-state index contributed by atoms with van der Waals surface area (Å²) in [6, 6.07) is 0.687. The molecule has 0 N–H and O–H groups in total. The quantitative estimate of drug-likeness (QED) is 0.835. The summed E-state index contributed by atoms with van der Waals surface area (Å²) in [6.45, 7) is 6.51. The van der Waals surface area contributed by atoms with Crippen molar-refractivity contribution in [2.75, 3.05) is 6.54 Å². The second-order valence-electron chi connectivity index (χ2n) is 7.14. The summed E-state index contributed by atoms with van der Waals surface area (Å²) in [5.74, 6) is 0. The largest absolute Gasteiger partial charge is 0.444 e. The maximum absolute atomic E-state index is 12.4. The van der Waals surface area contributed by atoms with Crippen molar-refractivity contribution in [1.82, 2.24) is 14.5 Å². The van der Waals surface area contributed by atoms with Crippen LogP contribution in [0.25, 0.3) is 0 Å². The fourth-order valence-corrected chi connectivity index (χ4v) is 3.16. The molecular weight excluding hydrogens is 266 g/mol. The maximum Gasteiger partial charge on any atom is 0.410 e. The molecule has 1 saturated heterocycles. The minimum Gasteiger partial charge on any atom is -0.444 e. The average molecular weight is 291 g/mol. The molecule has 2 aliphatic rings. The van der Waals surface area contributed by atoms with E-state index in [1.165, 1.54) is 25.0 Å². The number of ether oxygens (including phenoxy) is 1. The number of carbonyl (C=O) groups excluding carboxylic acids is 1. The number of nitrogens with zero attached hydrogens (tertiary/aromatic N) is 3. The molecule has 1 aliphatic heterocycles. The van der Waals surface area contributed by atoms with Gasteiger partial charge < -0.3 is 9.30 Å². The van der Waals surface area contributed by atoms with Crippen LogP contribution >= 0.6 is 0 Å². The first-order valence-electron chi connectivity index (χ1n) is 7.97. The third kappa shape index (κ3) is 2.92. The lowest BCUT2D eigenvalue weighted by Crippen LogP contribution is -2.37. The lowest BCUT2D eigenvalue weighted by atomic mass is 9.92. The van der Waals surface area contributed by atoms with Gasteiger partial charge in [0.15, 0.2) is 0 Å². The van der Waals surface area contributed by atoms with E-state index in [4.69, 9.17) is 4.74 Å². The van der Waals surface area contributed by atoms with E-state index >= 15 is 0 Å². The lowest BCUT2D eigenvalue weighted by Gasteiger charge is -2.33. The molecule has 0 bridgehead atoms. The standard InChI is InChI=1S/C16H25N3O2/c1-16(2,3)21-15(20)18-9-5-8-13(18)14-10-17-11-19(14)12-6-4-7-12/h10-13H,4-9H2,1-3H3. The third-order valence-corrected chi connectivity index (χ3v) is 4.39. The van der Waals surface area contributed by atoms with E-state index in [0.717, 1.165) is 19.4 Å². The van der Waals surface area contributed by atoms with Gasteiger partial charge in [0.2, 0.25) is 0 Å². The predicted octanol–water partition coefficient (Wildman–Crippen LogP) is 3.68. The van der Waals surface area contributed by atoms with E-state index in [9.17, 15) is 4.79 Å². The molecule has 2 fully saturated rings. The van der Waals surface area contributed by atoms with E-state index in [0.29, 0.717) is 6.04 Å². The Kier molecular flexibility index (Phi) is 3.68. The molecule has 1 atom stereocenters. The highest BCUT2D eigenvalue weighted by molar-refractivity contribution is 5.69. The molecule has 1 aromatic heterocycles. The van der Waals surface area contributed by atoms with Crippen molar-refractivity contribution in [3.8, 4) is 0 Å². The summed E-state index contributed by atoms with van der Waals surface area (Å²) in [4.78, 5) is 18.6. The Morgan fingerprint density at radius 2 is 2.05 bits per heavy atom.